The molecule has 1 saturated carbocycles. The molecular formula is C16H29NO2. The first-order valence-corrected chi connectivity index (χ1v) is 7.96. The van der Waals surface area contributed by atoms with E-state index in [0.717, 1.165) is 32.7 Å². The largest absolute Gasteiger partial charge is 0.377 e. The number of hydrogen-bond acceptors (Lipinski definition) is 3. The predicted molar refractivity (Wildman–Crippen MR) is 77.1 cm³/mol. The molecule has 2 fully saturated rings. The first kappa shape index (κ1) is 15.0. The van der Waals surface area contributed by atoms with E-state index in [1.54, 1.807) is 0 Å². The molecule has 1 aliphatic carbocycles. The molecule has 0 aromatic heterocycles. The Morgan fingerprint density at radius 1 is 1.37 bits per heavy atom. The SMILES string of the molecule is CCOC1CCCN(CC2C(=O)CC(C)CC2C)C1. The van der Waals surface area contributed by atoms with E-state index in [9.17, 15) is 4.79 Å². The van der Waals surface area contributed by atoms with Crippen LogP contribution in [0.3, 0.4) is 0 Å². The maximum atomic E-state index is 12.2. The number of ether oxygens (including phenoxy) is 1. The molecule has 0 N–H and O–H groups in total. The van der Waals surface area contributed by atoms with Crippen molar-refractivity contribution in [2.24, 2.45) is 17.8 Å². The number of Topliss-reactive ketones (excluding diaryl/α,β-unsaturated/α-hetero) is 1. The van der Waals surface area contributed by atoms with Crippen LogP contribution in [-0.2, 0) is 9.53 Å². The number of likely N-dealkylation sites (tertiary alicyclic amines) is 1. The number of ketones is 1. The van der Waals surface area contributed by atoms with Gasteiger partial charge in [0.2, 0.25) is 0 Å². The van der Waals surface area contributed by atoms with E-state index in [4.69, 9.17) is 4.74 Å². The van der Waals surface area contributed by atoms with Crippen LogP contribution in [0.1, 0.15) is 46.5 Å². The Hall–Kier alpha value is -0.410. The lowest BCUT2D eigenvalue weighted by molar-refractivity contribution is -0.129. The summed E-state index contributed by atoms with van der Waals surface area (Å²) in [4.78, 5) is 14.7. The average Bonchev–Trinajstić information content (AvgIpc) is 2.35. The van der Waals surface area contributed by atoms with Crippen LogP contribution >= 0.6 is 0 Å². The fraction of sp³-hybridized carbons (Fsp3) is 0.938. The molecule has 3 heteroatoms. The van der Waals surface area contributed by atoms with Crippen LogP contribution in [0, 0.1) is 17.8 Å². The highest BCUT2D eigenvalue weighted by Crippen LogP contribution is 2.32. The monoisotopic (exact) mass is 267 g/mol. The summed E-state index contributed by atoms with van der Waals surface area (Å²) in [6.45, 7) is 10.4. The maximum Gasteiger partial charge on any atom is 0.137 e. The zero-order chi connectivity index (χ0) is 13.8. The van der Waals surface area contributed by atoms with Gasteiger partial charge in [0.05, 0.1) is 6.10 Å². The topological polar surface area (TPSA) is 29.5 Å². The van der Waals surface area contributed by atoms with E-state index in [-0.39, 0.29) is 5.92 Å². The summed E-state index contributed by atoms with van der Waals surface area (Å²) >= 11 is 0. The van der Waals surface area contributed by atoms with E-state index in [1.165, 1.54) is 19.3 Å². The van der Waals surface area contributed by atoms with Crippen molar-refractivity contribution >= 4 is 5.78 Å². The molecule has 4 atom stereocenters. The van der Waals surface area contributed by atoms with Crippen molar-refractivity contribution < 1.29 is 9.53 Å². The molecule has 1 heterocycles. The van der Waals surface area contributed by atoms with Gasteiger partial charge < -0.3 is 9.64 Å². The maximum absolute atomic E-state index is 12.2. The minimum absolute atomic E-state index is 0.261. The van der Waals surface area contributed by atoms with Gasteiger partial charge in [-0.2, -0.15) is 0 Å². The molecule has 0 radical (unpaired) electrons. The van der Waals surface area contributed by atoms with Crippen molar-refractivity contribution in [2.75, 3.05) is 26.2 Å². The Kier molecular flexibility index (Phi) is 5.40. The minimum Gasteiger partial charge on any atom is -0.377 e. The molecule has 1 saturated heterocycles. The zero-order valence-electron chi connectivity index (χ0n) is 12.7. The summed E-state index contributed by atoms with van der Waals surface area (Å²) < 4.78 is 5.75. The summed E-state index contributed by atoms with van der Waals surface area (Å²) in [5.74, 6) is 1.88. The van der Waals surface area contributed by atoms with Gasteiger partial charge in [0, 0.05) is 32.0 Å². The van der Waals surface area contributed by atoms with Crippen LogP contribution < -0.4 is 0 Å². The number of nitrogens with zero attached hydrogens (tertiary/aromatic N) is 1. The molecule has 0 amide bonds. The van der Waals surface area contributed by atoms with E-state index in [1.807, 2.05) is 0 Å². The van der Waals surface area contributed by atoms with Crippen LogP contribution in [0.4, 0.5) is 0 Å². The number of carbonyl (C=O) groups is 1. The third-order valence-electron chi connectivity index (χ3n) is 4.74. The Bertz CT molecular complexity index is 303. The van der Waals surface area contributed by atoms with E-state index in [2.05, 4.69) is 25.7 Å². The van der Waals surface area contributed by atoms with Crippen molar-refractivity contribution in [2.45, 2.75) is 52.6 Å². The number of carbonyl (C=O) groups excluding carboxylic acids is 1. The highest BCUT2D eigenvalue weighted by Gasteiger charge is 2.34. The Morgan fingerprint density at radius 3 is 2.84 bits per heavy atom. The predicted octanol–water partition coefficient (Wildman–Crippen LogP) is 2.74. The van der Waals surface area contributed by atoms with Crippen LogP contribution in [0.5, 0.6) is 0 Å². The van der Waals surface area contributed by atoms with Gasteiger partial charge in [-0.15, -0.1) is 0 Å². The summed E-state index contributed by atoms with van der Waals surface area (Å²) in [5.41, 5.74) is 0. The lowest BCUT2D eigenvalue weighted by atomic mass is 9.74. The number of piperidine rings is 1. The second kappa shape index (κ2) is 6.85. The molecule has 0 aromatic carbocycles. The van der Waals surface area contributed by atoms with Crippen LogP contribution in [0.2, 0.25) is 0 Å². The lowest BCUT2D eigenvalue weighted by Crippen LogP contribution is -2.46. The van der Waals surface area contributed by atoms with Gasteiger partial charge in [0.25, 0.3) is 0 Å². The van der Waals surface area contributed by atoms with E-state index >= 15 is 0 Å². The van der Waals surface area contributed by atoms with Gasteiger partial charge in [-0.3, -0.25) is 4.79 Å². The van der Waals surface area contributed by atoms with Crippen molar-refractivity contribution in [3.8, 4) is 0 Å². The summed E-state index contributed by atoms with van der Waals surface area (Å²) in [7, 11) is 0. The number of rotatable bonds is 4. The Labute approximate surface area is 117 Å². The summed E-state index contributed by atoms with van der Waals surface area (Å²) in [6, 6.07) is 0. The standard InChI is InChI=1S/C16H29NO2/c1-4-19-14-6-5-7-17(10-14)11-15-13(3)8-12(2)9-16(15)18/h12-15H,4-11H2,1-3H3. The van der Waals surface area contributed by atoms with Gasteiger partial charge >= 0.3 is 0 Å². The van der Waals surface area contributed by atoms with Crippen LogP contribution in [0.15, 0.2) is 0 Å². The molecule has 1 aliphatic heterocycles. The molecular weight excluding hydrogens is 238 g/mol. The normalized spacial score (nSPS) is 37.5. The molecule has 0 bridgehead atoms. The third-order valence-corrected chi connectivity index (χ3v) is 4.74. The Balaban J connectivity index is 1.87. The van der Waals surface area contributed by atoms with Crippen molar-refractivity contribution in [3.63, 3.8) is 0 Å². The highest BCUT2D eigenvalue weighted by molar-refractivity contribution is 5.82. The first-order chi connectivity index (χ1) is 9.10. The van der Waals surface area contributed by atoms with Gasteiger partial charge in [0.1, 0.15) is 5.78 Å². The Morgan fingerprint density at radius 2 is 2.16 bits per heavy atom. The van der Waals surface area contributed by atoms with Crippen molar-refractivity contribution in [1.29, 1.82) is 0 Å². The van der Waals surface area contributed by atoms with Gasteiger partial charge in [-0.05, 0) is 44.6 Å². The second-order valence-corrected chi connectivity index (χ2v) is 6.57. The second-order valence-electron chi connectivity index (χ2n) is 6.57. The third kappa shape index (κ3) is 4.03. The molecule has 19 heavy (non-hydrogen) atoms. The molecule has 2 rings (SSSR count). The van der Waals surface area contributed by atoms with E-state index in [0.29, 0.717) is 23.7 Å². The molecule has 4 unspecified atom stereocenters. The average molecular weight is 267 g/mol. The van der Waals surface area contributed by atoms with Gasteiger partial charge in [-0.25, -0.2) is 0 Å². The summed E-state index contributed by atoms with van der Waals surface area (Å²) in [5, 5.41) is 0. The fourth-order valence-corrected chi connectivity index (χ4v) is 3.81. The molecule has 110 valence electrons. The smallest absolute Gasteiger partial charge is 0.137 e. The van der Waals surface area contributed by atoms with Gasteiger partial charge in [-0.1, -0.05) is 13.8 Å². The van der Waals surface area contributed by atoms with Crippen molar-refractivity contribution in [3.05, 3.63) is 0 Å². The quantitative estimate of drug-likeness (QED) is 0.784. The lowest BCUT2D eigenvalue weighted by Gasteiger charge is -2.38. The van der Waals surface area contributed by atoms with Crippen molar-refractivity contribution in [1.82, 2.24) is 4.90 Å². The zero-order valence-corrected chi connectivity index (χ0v) is 12.7. The fourth-order valence-electron chi connectivity index (χ4n) is 3.81. The highest BCUT2D eigenvalue weighted by atomic mass is 16.5. The summed E-state index contributed by atoms with van der Waals surface area (Å²) in [6.07, 6.45) is 4.76. The van der Waals surface area contributed by atoms with Crippen LogP contribution in [0.25, 0.3) is 0 Å². The van der Waals surface area contributed by atoms with Gasteiger partial charge in [0.15, 0.2) is 0 Å². The molecule has 2 aliphatic rings. The molecule has 0 aromatic rings. The molecule has 0 spiro atoms. The first-order valence-electron chi connectivity index (χ1n) is 7.96. The van der Waals surface area contributed by atoms with Crippen LogP contribution in [-0.4, -0.2) is 43.0 Å². The number of hydrogen-bond donors (Lipinski definition) is 0. The minimum atomic E-state index is 0.261. The molecule has 3 nitrogen and oxygen atoms in total. The van der Waals surface area contributed by atoms with E-state index < -0.39 is 0 Å².